The van der Waals surface area contributed by atoms with E-state index in [1.807, 2.05) is 0 Å². The molecule has 3 rings (SSSR count). The van der Waals surface area contributed by atoms with E-state index in [4.69, 9.17) is 10.5 Å². The summed E-state index contributed by atoms with van der Waals surface area (Å²) in [5, 5.41) is 1.07. The summed E-state index contributed by atoms with van der Waals surface area (Å²) < 4.78 is 82.6. The Morgan fingerprint density at radius 3 is 2.41 bits per heavy atom. The minimum Gasteiger partial charge on any atom is -0.481 e. The van der Waals surface area contributed by atoms with Gasteiger partial charge in [-0.15, -0.1) is 0 Å². The van der Waals surface area contributed by atoms with Crippen molar-refractivity contribution >= 4 is 15.7 Å². The molecule has 2 unspecified atom stereocenters. The van der Waals surface area contributed by atoms with Gasteiger partial charge in [0.15, 0.2) is 9.84 Å². The van der Waals surface area contributed by atoms with E-state index in [0.29, 0.717) is 5.56 Å². The Balaban J connectivity index is 1.83. The molecule has 0 radical (unpaired) electrons. The Morgan fingerprint density at radius 2 is 1.86 bits per heavy atom. The molecule has 2 atom stereocenters. The van der Waals surface area contributed by atoms with Crippen LogP contribution in [0, 0.1) is 5.82 Å². The number of pyridine rings is 2. The van der Waals surface area contributed by atoms with Crippen LogP contribution in [0.15, 0.2) is 48.7 Å². The molecule has 2 aromatic heterocycles. The number of halogens is 4. The van der Waals surface area contributed by atoms with Crippen molar-refractivity contribution in [1.82, 2.24) is 15.3 Å². The van der Waals surface area contributed by atoms with Gasteiger partial charge in [0.05, 0.1) is 18.7 Å². The SMILES string of the molecule is COc1ccc(-c2nc(C(F)(F)F)ccc2CNC(=O)C(C)c2ccc(C(N)S(C)(=O)=O)c(F)c2)cn1. The van der Waals surface area contributed by atoms with Crippen LogP contribution in [0.4, 0.5) is 17.6 Å². The molecular formula is C24H24F4N4O4S. The lowest BCUT2D eigenvalue weighted by Crippen LogP contribution is -2.28. The minimum atomic E-state index is -4.68. The van der Waals surface area contributed by atoms with E-state index in [1.165, 1.54) is 50.6 Å². The molecule has 2 heterocycles. The summed E-state index contributed by atoms with van der Waals surface area (Å²) in [6, 6.07) is 8.60. The average Bonchev–Trinajstić information content (AvgIpc) is 2.85. The first-order valence-electron chi connectivity index (χ1n) is 10.8. The molecule has 0 spiro atoms. The fourth-order valence-corrected chi connectivity index (χ4v) is 4.09. The molecule has 3 N–H and O–H groups in total. The number of carbonyl (C=O) groups excluding carboxylic acids is 1. The number of nitrogens with zero attached hydrogens (tertiary/aromatic N) is 2. The minimum absolute atomic E-state index is 0.0249. The second-order valence-electron chi connectivity index (χ2n) is 8.26. The van der Waals surface area contributed by atoms with Crippen molar-refractivity contribution in [3.05, 3.63) is 76.9 Å². The number of benzene rings is 1. The van der Waals surface area contributed by atoms with Gasteiger partial charge in [0.25, 0.3) is 0 Å². The quantitative estimate of drug-likeness (QED) is 0.417. The maximum Gasteiger partial charge on any atom is 0.433 e. The Kier molecular flexibility index (Phi) is 8.18. The second kappa shape index (κ2) is 10.8. The van der Waals surface area contributed by atoms with E-state index in [-0.39, 0.29) is 34.8 Å². The van der Waals surface area contributed by atoms with E-state index in [2.05, 4.69) is 15.3 Å². The predicted octanol–water partition coefficient (Wildman–Crippen LogP) is 3.73. The maximum absolute atomic E-state index is 14.5. The first kappa shape index (κ1) is 28.0. The van der Waals surface area contributed by atoms with Crippen LogP contribution in [0.25, 0.3) is 11.3 Å². The van der Waals surface area contributed by atoms with Crippen molar-refractivity contribution in [3.8, 4) is 17.1 Å². The summed E-state index contributed by atoms with van der Waals surface area (Å²) >= 11 is 0. The van der Waals surface area contributed by atoms with Gasteiger partial charge in [-0.25, -0.2) is 22.8 Å². The van der Waals surface area contributed by atoms with Gasteiger partial charge in [-0.3, -0.25) is 4.79 Å². The second-order valence-corrected chi connectivity index (χ2v) is 10.4. The van der Waals surface area contributed by atoms with Crippen molar-refractivity contribution in [2.24, 2.45) is 5.73 Å². The van der Waals surface area contributed by atoms with E-state index >= 15 is 0 Å². The molecule has 0 fully saturated rings. The number of aromatic nitrogens is 2. The van der Waals surface area contributed by atoms with Crippen LogP contribution in [0.2, 0.25) is 0 Å². The van der Waals surface area contributed by atoms with E-state index in [1.54, 1.807) is 0 Å². The van der Waals surface area contributed by atoms with Crippen molar-refractivity contribution in [2.45, 2.75) is 30.9 Å². The number of hydrogen-bond donors (Lipinski definition) is 2. The molecule has 0 bridgehead atoms. The molecule has 1 aromatic carbocycles. The van der Waals surface area contributed by atoms with Gasteiger partial charge in [0, 0.05) is 36.2 Å². The molecular weight excluding hydrogens is 516 g/mol. The fraction of sp³-hybridized carbons (Fsp3) is 0.292. The Hall–Kier alpha value is -3.58. The average molecular weight is 541 g/mol. The summed E-state index contributed by atoms with van der Waals surface area (Å²) in [6.07, 6.45) is -2.49. The van der Waals surface area contributed by atoms with E-state index < -0.39 is 44.7 Å². The van der Waals surface area contributed by atoms with Crippen LogP contribution in [0.5, 0.6) is 5.88 Å². The standard InChI is InChI=1S/C24H24F4N4O4S/c1-13(14-4-7-17(18(25)10-14)22(29)37(3,34)35)23(33)31-12-15-5-8-19(24(26,27)28)32-21(15)16-6-9-20(36-2)30-11-16/h4-11,13,22H,12,29H2,1-3H3,(H,31,33). The van der Waals surface area contributed by atoms with Gasteiger partial charge in [-0.1, -0.05) is 18.2 Å². The van der Waals surface area contributed by atoms with Crippen LogP contribution in [0.3, 0.4) is 0 Å². The Labute approximate surface area is 210 Å². The van der Waals surface area contributed by atoms with Crippen LogP contribution in [-0.2, 0) is 27.4 Å². The molecule has 0 saturated heterocycles. The molecule has 1 amide bonds. The summed E-state index contributed by atoms with van der Waals surface area (Å²) in [7, 11) is -2.34. The summed E-state index contributed by atoms with van der Waals surface area (Å²) in [4.78, 5) is 20.5. The van der Waals surface area contributed by atoms with Crippen LogP contribution in [0.1, 0.15) is 40.6 Å². The number of alkyl halides is 3. The Morgan fingerprint density at radius 1 is 1.16 bits per heavy atom. The smallest absolute Gasteiger partial charge is 0.433 e. The molecule has 0 aliphatic carbocycles. The molecule has 3 aromatic rings. The topological polar surface area (TPSA) is 124 Å². The number of sulfone groups is 1. The zero-order chi connectivity index (χ0) is 27.5. The highest BCUT2D eigenvalue weighted by molar-refractivity contribution is 7.90. The highest BCUT2D eigenvalue weighted by Crippen LogP contribution is 2.32. The normalized spacial score (nSPS) is 13.6. The third kappa shape index (κ3) is 6.60. The van der Waals surface area contributed by atoms with Crippen molar-refractivity contribution < 1.29 is 35.5 Å². The lowest BCUT2D eigenvalue weighted by atomic mass is 9.98. The number of nitrogens with two attached hydrogens (primary N) is 1. The number of nitrogens with one attached hydrogen (secondary N) is 1. The van der Waals surface area contributed by atoms with Crippen LogP contribution in [-0.4, -0.2) is 37.7 Å². The molecule has 13 heteroatoms. The fourth-order valence-electron chi connectivity index (χ4n) is 3.44. The molecule has 37 heavy (non-hydrogen) atoms. The van der Waals surface area contributed by atoms with Crippen molar-refractivity contribution in [3.63, 3.8) is 0 Å². The number of carbonyl (C=O) groups is 1. The highest BCUT2D eigenvalue weighted by Gasteiger charge is 2.33. The first-order chi connectivity index (χ1) is 17.2. The van der Waals surface area contributed by atoms with Gasteiger partial charge >= 0.3 is 6.18 Å². The summed E-state index contributed by atoms with van der Waals surface area (Å²) in [5.41, 5.74) is 5.06. The zero-order valence-corrected chi connectivity index (χ0v) is 20.8. The van der Waals surface area contributed by atoms with E-state index in [9.17, 15) is 30.8 Å². The number of ether oxygens (including phenoxy) is 1. The first-order valence-corrected chi connectivity index (χ1v) is 12.8. The predicted molar refractivity (Wildman–Crippen MR) is 127 cm³/mol. The molecule has 0 aliphatic rings. The van der Waals surface area contributed by atoms with Crippen LogP contribution < -0.4 is 15.8 Å². The number of amides is 1. The van der Waals surface area contributed by atoms with Gasteiger partial charge in [0.1, 0.15) is 16.9 Å². The van der Waals surface area contributed by atoms with Gasteiger partial charge < -0.3 is 15.8 Å². The molecule has 8 nitrogen and oxygen atoms in total. The molecule has 198 valence electrons. The van der Waals surface area contributed by atoms with Gasteiger partial charge in [-0.05, 0) is 36.2 Å². The summed E-state index contributed by atoms with van der Waals surface area (Å²) in [6.45, 7) is 1.33. The van der Waals surface area contributed by atoms with E-state index in [0.717, 1.165) is 18.4 Å². The molecule has 0 saturated carbocycles. The highest BCUT2D eigenvalue weighted by atomic mass is 32.2. The summed E-state index contributed by atoms with van der Waals surface area (Å²) in [5.74, 6) is -2.03. The number of rotatable bonds is 8. The van der Waals surface area contributed by atoms with Gasteiger partial charge in [0.2, 0.25) is 11.8 Å². The monoisotopic (exact) mass is 540 g/mol. The zero-order valence-electron chi connectivity index (χ0n) is 20.0. The van der Waals surface area contributed by atoms with Crippen LogP contribution >= 0.6 is 0 Å². The number of hydrogen-bond acceptors (Lipinski definition) is 7. The molecule has 0 aliphatic heterocycles. The van der Waals surface area contributed by atoms with Crippen molar-refractivity contribution in [2.75, 3.05) is 13.4 Å². The maximum atomic E-state index is 14.5. The Bertz CT molecular complexity index is 1400. The lowest BCUT2D eigenvalue weighted by molar-refractivity contribution is -0.141. The largest absolute Gasteiger partial charge is 0.481 e. The van der Waals surface area contributed by atoms with Gasteiger partial charge in [-0.2, -0.15) is 13.2 Å². The lowest BCUT2D eigenvalue weighted by Gasteiger charge is -2.17. The third-order valence-corrected chi connectivity index (χ3v) is 6.80. The third-order valence-electron chi connectivity index (χ3n) is 5.63. The number of methoxy groups -OCH3 is 1. The van der Waals surface area contributed by atoms with Crippen molar-refractivity contribution in [1.29, 1.82) is 0 Å².